The van der Waals surface area contributed by atoms with Gasteiger partial charge in [0, 0.05) is 19.7 Å². The van der Waals surface area contributed by atoms with E-state index in [2.05, 4.69) is 0 Å². The SMILES string of the molecule is CN(C)S(=O)(=O)c1cccc(-c2ccc(C=O)cc2)c1. The van der Waals surface area contributed by atoms with Gasteiger partial charge in [0.15, 0.2) is 0 Å². The first-order chi connectivity index (χ1) is 9.45. The summed E-state index contributed by atoms with van der Waals surface area (Å²) in [6.07, 6.45) is 0.775. The van der Waals surface area contributed by atoms with E-state index in [0.717, 1.165) is 17.4 Å². The van der Waals surface area contributed by atoms with E-state index in [9.17, 15) is 13.2 Å². The average Bonchev–Trinajstić information content (AvgIpc) is 2.47. The second-order valence-electron chi connectivity index (χ2n) is 4.56. The molecule has 5 heteroatoms. The van der Waals surface area contributed by atoms with Crippen molar-refractivity contribution in [2.45, 2.75) is 4.90 Å². The van der Waals surface area contributed by atoms with Gasteiger partial charge < -0.3 is 0 Å². The molecule has 0 saturated heterocycles. The zero-order chi connectivity index (χ0) is 14.8. The highest BCUT2D eigenvalue weighted by Crippen LogP contribution is 2.23. The fourth-order valence-corrected chi connectivity index (χ4v) is 2.75. The number of hydrogen-bond acceptors (Lipinski definition) is 3. The Morgan fingerprint density at radius 3 is 2.15 bits per heavy atom. The van der Waals surface area contributed by atoms with Crippen LogP contribution in [0.4, 0.5) is 0 Å². The smallest absolute Gasteiger partial charge is 0.242 e. The highest BCUT2D eigenvalue weighted by molar-refractivity contribution is 7.89. The molecule has 0 aliphatic heterocycles. The minimum absolute atomic E-state index is 0.250. The molecule has 0 aliphatic carbocycles. The first-order valence-electron chi connectivity index (χ1n) is 6.03. The molecule has 0 radical (unpaired) electrons. The molecule has 0 aromatic heterocycles. The minimum atomic E-state index is -3.44. The zero-order valence-corrected chi connectivity index (χ0v) is 12.1. The lowest BCUT2D eigenvalue weighted by molar-refractivity contribution is 0.112. The summed E-state index contributed by atoms with van der Waals surface area (Å²) < 4.78 is 25.4. The van der Waals surface area contributed by atoms with E-state index in [1.54, 1.807) is 42.5 Å². The summed E-state index contributed by atoms with van der Waals surface area (Å²) in [6, 6.07) is 13.7. The van der Waals surface area contributed by atoms with E-state index < -0.39 is 10.0 Å². The van der Waals surface area contributed by atoms with Crippen molar-refractivity contribution in [3.05, 3.63) is 54.1 Å². The molecule has 0 aliphatic rings. The summed E-state index contributed by atoms with van der Waals surface area (Å²) in [7, 11) is -0.441. The van der Waals surface area contributed by atoms with Crippen molar-refractivity contribution < 1.29 is 13.2 Å². The van der Waals surface area contributed by atoms with Gasteiger partial charge in [0.2, 0.25) is 10.0 Å². The number of nitrogens with zero attached hydrogens (tertiary/aromatic N) is 1. The van der Waals surface area contributed by atoms with Crippen LogP contribution in [0.2, 0.25) is 0 Å². The molecular formula is C15H15NO3S. The number of carbonyl (C=O) groups is 1. The van der Waals surface area contributed by atoms with E-state index in [-0.39, 0.29) is 4.90 Å². The largest absolute Gasteiger partial charge is 0.298 e. The van der Waals surface area contributed by atoms with Gasteiger partial charge in [-0.05, 0) is 23.3 Å². The molecule has 0 unspecified atom stereocenters. The molecule has 0 fully saturated rings. The fraction of sp³-hybridized carbons (Fsp3) is 0.133. The molecule has 0 atom stereocenters. The van der Waals surface area contributed by atoms with Crippen LogP contribution in [0.3, 0.4) is 0 Å². The Labute approximate surface area is 118 Å². The maximum Gasteiger partial charge on any atom is 0.242 e. The second-order valence-corrected chi connectivity index (χ2v) is 6.71. The number of rotatable bonds is 4. The Balaban J connectivity index is 2.46. The number of aldehydes is 1. The lowest BCUT2D eigenvalue weighted by Crippen LogP contribution is -2.22. The van der Waals surface area contributed by atoms with Crippen LogP contribution in [-0.4, -0.2) is 33.1 Å². The van der Waals surface area contributed by atoms with Crippen molar-refractivity contribution >= 4 is 16.3 Å². The summed E-state index contributed by atoms with van der Waals surface area (Å²) in [5.41, 5.74) is 2.25. The molecule has 2 aromatic carbocycles. The summed E-state index contributed by atoms with van der Waals surface area (Å²) in [6.45, 7) is 0. The Kier molecular flexibility index (Phi) is 4.01. The molecular weight excluding hydrogens is 274 g/mol. The predicted molar refractivity (Wildman–Crippen MR) is 78.1 cm³/mol. The maximum atomic E-state index is 12.1. The Morgan fingerprint density at radius 2 is 1.60 bits per heavy atom. The standard InChI is InChI=1S/C15H15NO3S/c1-16(2)20(18,19)15-5-3-4-14(10-15)13-8-6-12(11-17)7-9-13/h3-11H,1-2H3. The number of sulfonamides is 1. The quantitative estimate of drug-likeness (QED) is 0.812. The molecule has 4 nitrogen and oxygen atoms in total. The molecule has 0 spiro atoms. The predicted octanol–water partition coefficient (Wildman–Crippen LogP) is 2.42. The fourth-order valence-electron chi connectivity index (χ4n) is 1.80. The van der Waals surface area contributed by atoms with Gasteiger partial charge in [0.25, 0.3) is 0 Å². The van der Waals surface area contributed by atoms with Crippen molar-refractivity contribution in [3.8, 4) is 11.1 Å². The third-order valence-corrected chi connectivity index (χ3v) is 4.80. The lowest BCUT2D eigenvalue weighted by atomic mass is 10.0. The van der Waals surface area contributed by atoms with Crippen molar-refractivity contribution in [1.29, 1.82) is 0 Å². The zero-order valence-electron chi connectivity index (χ0n) is 11.3. The highest BCUT2D eigenvalue weighted by atomic mass is 32.2. The molecule has 0 amide bonds. The summed E-state index contributed by atoms with van der Waals surface area (Å²) >= 11 is 0. The molecule has 20 heavy (non-hydrogen) atoms. The second kappa shape index (κ2) is 5.56. The van der Waals surface area contributed by atoms with E-state index >= 15 is 0 Å². The van der Waals surface area contributed by atoms with E-state index in [4.69, 9.17) is 0 Å². The van der Waals surface area contributed by atoms with Crippen LogP contribution in [0.1, 0.15) is 10.4 Å². The first kappa shape index (κ1) is 14.4. The average molecular weight is 289 g/mol. The third-order valence-electron chi connectivity index (χ3n) is 2.99. The van der Waals surface area contributed by atoms with Crippen molar-refractivity contribution in [2.75, 3.05) is 14.1 Å². The van der Waals surface area contributed by atoms with Gasteiger partial charge in [0.1, 0.15) is 6.29 Å². The van der Waals surface area contributed by atoms with E-state index in [1.165, 1.54) is 18.4 Å². The Hall–Kier alpha value is -1.98. The molecule has 0 bridgehead atoms. The lowest BCUT2D eigenvalue weighted by Gasteiger charge is -2.12. The van der Waals surface area contributed by atoms with E-state index in [1.807, 2.05) is 6.07 Å². The third kappa shape index (κ3) is 2.79. The van der Waals surface area contributed by atoms with Crippen LogP contribution in [0.15, 0.2) is 53.4 Å². The monoisotopic (exact) mass is 289 g/mol. The van der Waals surface area contributed by atoms with Gasteiger partial charge in [-0.25, -0.2) is 12.7 Å². The molecule has 0 saturated carbocycles. The number of carbonyl (C=O) groups excluding carboxylic acids is 1. The summed E-state index contributed by atoms with van der Waals surface area (Å²) in [5, 5.41) is 0. The van der Waals surface area contributed by atoms with Gasteiger partial charge in [-0.15, -0.1) is 0 Å². The van der Waals surface area contributed by atoms with Crippen LogP contribution >= 0.6 is 0 Å². The van der Waals surface area contributed by atoms with Gasteiger partial charge in [-0.3, -0.25) is 4.79 Å². The number of hydrogen-bond donors (Lipinski definition) is 0. The van der Waals surface area contributed by atoms with Crippen LogP contribution in [0, 0.1) is 0 Å². The molecule has 2 aromatic rings. The molecule has 0 heterocycles. The number of benzene rings is 2. The summed E-state index contributed by atoms with van der Waals surface area (Å²) in [4.78, 5) is 10.9. The molecule has 104 valence electrons. The van der Waals surface area contributed by atoms with Crippen molar-refractivity contribution in [3.63, 3.8) is 0 Å². The van der Waals surface area contributed by atoms with Crippen LogP contribution in [0.5, 0.6) is 0 Å². The van der Waals surface area contributed by atoms with Crippen LogP contribution in [0.25, 0.3) is 11.1 Å². The Morgan fingerprint density at radius 1 is 0.950 bits per heavy atom. The molecule has 2 rings (SSSR count). The van der Waals surface area contributed by atoms with Gasteiger partial charge in [-0.1, -0.05) is 36.4 Å². The minimum Gasteiger partial charge on any atom is -0.298 e. The van der Waals surface area contributed by atoms with Crippen molar-refractivity contribution in [2.24, 2.45) is 0 Å². The first-order valence-corrected chi connectivity index (χ1v) is 7.47. The van der Waals surface area contributed by atoms with Crippen molar-refractivity contribution in [1.82, 2.24) is 4.31 Å². The van der Waals surface area contributed by atoms with Gasteiger partial charge >= 0.3 is 0 Å². The maximum absolute atomic E-state index is 12.1. The van der Waals surface area contributed by atoms with Crippen LogP contribution in [-0.2, 0) is 10.0 Å². The summed E-state index contributed by atoms with van der Waals surface area (Å²) in [5.74, 6) is 0. The van der Waals surface area contributed by atoms with Gasteiger partial charge in [-0.2, -0.15) is 0 Å². The highest BCUT2D eigenvalue weighted by Gasteiger charge is 2.17. The topological polar surface area (TPSA) is 54.5 Å². The van der Waals surface area contributed by atoms with Gasteiger partial charge in [0.05, 0.1) is 4.90 Å². The molecule has 0 N–H and O–H groups in total. The Bertz CT molecular complexity index is 719. The van der Waals surface area contributed by atoms with Crippen LogP contribution < -0.4 is 0 Å². The normalized spacial score (nSPS) is 11.6. The van der Waals surface area contributed by atoms with E-state index in [0.29, 0.717) is 5.56 Å².